The van der Waals surface area contributed by atoms with Crippen molar-refractivity contribution in [2.24, 2.45) is 0 Å². The van der Waals surface area contributed by atoms with Gasteiger partial charge in [-0.25, -0.2) is 0 Å². The van der Waals surface area contributed by atoms with E-state index in [4.69, 9.17) is 14.2 Å². The molecule has 4 heteroatoms. The Hall–Kier alpha value is -1.52. The summed E-state index contributed by atoms with van der Waals surface area (Å²) >= 11 is 0. The molecule has 1 aromatic rings. The first-order valence-corrected chi connectivity index (χ1v) is 6.51. The van der Waals surface area contributed by atoms with Crippen molar-refractivity contribution in [2.45, 2.75) is 18.6 Å². The second kappa shape index (κ2) is 7.16. The Bertz CT molecular complexity index is 376. The molecule has 1 N–H and O–H groups in total. The Morgan fingerprint density at radius 2 is 2.11 bits per heavy atom. The van der Waals surface area contributed by atoms with Crippen molar-refractivity contribution >= 4 is 0 Å². The van der Waals surface area contributed by atoms with Gasteiger partial charge < -0.3 is 19.5 Å². The van der Waals surface area contributed by atoms with Crippen LogP contribution in [0.4, 0.5) is 0 Å². The topological polar surface area (TPSA) is 39.7 Å². The molecule has 3 rings (SSSR count). The first-order valence-electron chi connectivity index (χ1n) is 6.51. The molecular formula is C15H21NO3. The van der Waals surface area contributed by atoms with Gasteiger partial charge in [0.15, 0.2) is 0 Å². The van der Waals surface area contributed by atoms with E-state index in [-0.39, 0.29) is 5.60 Å². The van der Waals surface area contributed by atoms with E-state index in [0.29, 0.717) is 13.2 Å². The fourth-order valence-corrected chi connectivity index (χ4v) is 1.98. The second-order valence-corrected chi connectivity index (χ2v) is 4.69. The van der Waals surface area contributed by atoms with E-state index in [9.17, 15) is 0 Å². The number of rotatable bonds is 2. The predicted molar refractivity (Wildman–Crippen MR) is 73.5 cm³/mol. The summed E-state index contributed by atoms with van der Waals surface area (Å²) in [5.74, 6) is 0. The summed E-state index contributed by atoms with van der Waals surface area (Å²) in [5, 5.41) is 3.11. The largest absolute Gasteiger partial charge is 0.497 e. The van der Waals surface area contributed by atoms with Crippen molar-refractivity contribution in [3.63, 3.8) is 0 Å². The molecule has 1 spiro atoms. The Labute approximate surface area is 114 Å². The van der Waals surface area contributed by atoms with E-state index in [1.165, 1.54) is 5.56 Å². The monoisotopic (exact) mass is 263 g/mol. The molecule has 2 aliphatic rings. The smallest absolute Gasteiger partial charge is 0.121 e. The third-order valence-electron chi connectivity index (χ3n) is 3.17. The van der Waals surface area contributed by atoms with Gasteiger partial charge in [0.2, 0.25) is 0 Å². The molecule has 0 bridgehead atoms. The average Bonchev–Trinajstić information content (AvgIpc) is 2.66. The van der Waals surface area contributed by atoms with Crippen LogP contribution >= 0.6 is 0 Å². The molecule has 19 heavy (non-hydrogen) atoms. The lowest BCUT2D eigenvalue weighted by molar-refractivity contribution is -0.164. The predicted octanol–water partition coefficient (Wildman–Crippen LogP) is 2.07. The minimum atomic E-state index is -0.0104. The number of hydrogen-bond acceptors (Lipinski definition) is 4. The molecule has 0 aliphatic carbocycles. The van der Waals surface area contributed by atoms with Crippen LogP contribution in [0.15, 0.2) is 42.8 Å². The van der Waals surface area contributed by atoms with Crippen LogP contribution in [0, 0.1) is 0 Å². The molecule has 0 amide bonds. The SMILES string of the molecule is C1=COCC2(CCO2)CN1.COCc1ccccc1. The third-order valence-corrected chi connectivity index (χ3v) is 3.17. The van der Waals surface area contributed by atoms with Crippen LogP contribution in [0.5, 0.6) is 0 Å². The van der Waals surface area contributed by atoms with Crippen LogP contribution in [0.1, 0.15) is 12.0 Å². The summed E-state index contributed by atoms with van der Waals surface area (Å²) in [7, 11) is 1.70. The first-order chi connectivity index (χ1) is 9.35. The fourth-order valence-electron chi connectivity index (χ4n) is 1.98. The van der Waals surface area contributed by atoms with Crippen molar-refractivity contribution in [3.8, 4) is 0 Å². The number of benzene rings is 1. The van der Waals surface area contributed by atoms with Crippen molar-refractivity contribution in [1.29, 1.82) is 0 Å². The highest BCUT2D eigenvalue weighted by Crippen LogP contribution is 2.26. The van der Waals surface area contributed by atoms with E-state index in [2.05, 4.69) is 5.32 Å². The molecule has 1 saturated heterocycles. The highest BCUT2D eigenvalue weighted by molar-refractivity contribution is 5.13. The van der Waals surface area contributed by atoms with Crippen molar-refractivity contribution < 1.29 is 14.2 Å². The maximum Gasteiger partial charge on any atom is 0.121 e. The van der Waals surface area contributed by atoms with E-state index in [1.807, 2.05) is 36.5 Å². The van der Waals surface area contributed by atoms with Crippen LogP contribution < -0.4 is 5.32 Å². The van der Waals surface area contributed by atoms with Crippen LogP contribution in [0.2, 0.25) is 0 Å². The van der Waals surface area contributed by atoms with E-state index in [1.54, 1.807) is 13.4 Å². The molecule has 1 aromatic carbocycles. The zero-order valence-corrected chi connectivity index (χ0v) is 11.3. The number of hydrogen-bond donors (Lipinski definition) is 1. The molecule has 2 aliphatic heterocycles. The number of nitrogens with one attached hydrogen (secondary N) is 1. The van der Waals surface area contributed by atoms with Crippen LogP contribution in [0.25, 0.3) is 0 Å². The molecule has 2 heterocycles. The number of methoxy groups -OCH3 is 1. The van der Waals surface area contributed by atoms with Gasteiger partial charge in [0.1, 0.15) is 12.2 Å². The minimum Gasteiger partial charge on any atom is -0.497 e. The molecule has 4 nitrogen and oxygen atoms in total. The summed E-state index contributed by atoms with van der Waals surface area (Å²) in [6, 6.07) is 10.1. The van der Waals surface area contributed by atoms with Crippen LogP contribution in [-0.4, -0.2) is 32.5 Å². The zero-order valence-electron chi connectivity index (χ0n) is 11.3. The lowest BCUT2D eigenvalue weighted by atomic mass is 9.96. The molecule has 104 valence electrons. The van der Waals surface area contributed by atoms with Crippen LogP contribution in [0.3, 0.4) is 0 Å². The zero-order chi connectivity index (χ0) is 13.4. The highest BCUT2D eigenvalue weighted by atomic mass is 16.6. The molecule has 0 saturated carbocycles. The van der Waals surface area contributed by atoms with Gasteiger partial charge in [-0.2, -0.15) is 0 Å². The van der Waals surface area contributed by atoms with Gasteiger partial charge in [-0.3, -0.25) is 0 Å². The Morgan fingerprint density at radius 1 is 1.32 bits per heavy atom. The van der Waals surface area contributed by atoms with Gasteiger partial charge >= 0.3 is 0 Å². The molecule has 0 radical (unpaired) electrons. The van der Waals surface area contributed by atoms with Gasteiger partial charge in [0, 0.05) is 26.3 Å². The van der Waals surface area contributed by atoms with Gasteiger partial charge in [-0.05, 0) is 5.56 Å². The van der Waals surface area contributed by atoms with E-state index < -0.39 is 0 Å². The Balaban J connectivity index is 0.000000141. The molecule has 1 fully saturated rings. The van der Waals surface area contributed by atoms with Gasteiger partial charge in [-0.15, -0.1) is 0 Å². The van der Waals surface area contributed by atoms with E-state index >= 15 is 0 Å². The molecule has 1 unspecified atom stereocenters. The summed E-state index contributed by atoms with van der Waals surface area (Å²) in [6.45, 7) is 3.16. The third kappa shape index (κ3) is 4.26. The van der Waals surface area contributed by atoms with Crippen LogP contribution in [-0.2, 0) is 20.8 Å². The quantitative estimate of drug-likeness (QED) is 0.886. The van der Waals surface area contributed by atoms with E-state index in [0.717, 1.165) is 19.6 Å². The standard InChI is InChI=1S/C8H10O.C7H11NO2/c1-9-7-8-5-3-2-4-6-8;1-3-10-7(1)5-8-2-4-9-6-7/h2-6H,7H2,1H3;2,4,8H,1,3,5-6H2. The molecule has 1 atom stereocenters. The first kappa shape index (κ1) is 13.9. The molecular weight excluding hydrogens is 242 g/mol. The van der Waals surface area contributed by atoms with Crippen molar-refractivity contribution in [1.82, 2.24) is 5.32 Å². The summed E-state index contributed by atoms with van der Waals surface area (Å²) in [5.41, 5.74) is 1.21. The van der Waals surface area contributed by atoms with Gasteiger partial charge in [0.05, 0.1) is 19.5 Å². The fraction of sp³-hybridized carbons (Fsp3) is 0.467. The Morgan fingerprint density at radius 3 is 2.74 bits per heavy atom. The lowest BCUT2D eigenvalue weighted by Crippen LogP contribution is -2.52. The average molecular weight is 263 g/mol. The Kier molecular flexibility index (Phi) is 5.24. The number of ether oxygens (including phenoxy) is 3. The maximum atomic E-state index is 5.41. The second-order valence-electron chi connectivity index (χ2n) is 4.69. The summed E-state index contributed by atoms with van der Waals surface area (Å²) < 4.78 is 15.5. The summed E-state index contributed by atoms with van der Waals surface area (Å²) in [4.78, 5) is 0. The minimum absolute atomic E-state index is 0.0104. The molecule has 0 aromatic heterocycles. The van der Waals surface area contributed by atoms with Crippen molar-refractivity contribution in [3.05, 3.63) is 48.4 Å². The van der Waals surface area contributed by atoms with Gasteiger partial charge in [0.25, 0.3) is 0 Å². The lowest BCUT2D eigenvalue weighted by Gasteiger charge is -2.40. The van der Waals surface area contributed by atoms with Crippen molar-refractivity contribution in [2.75, 3.05) is 26.9 Å². The summed E-state index contributed by atoms with van der Waals surface area (Å²) in [6.07, 6.45) is 4.61. The van der Waals surface area contributed by atoms with Gasteiger partial charge in [-0.1, -0.05) is 30.3 Å². The highest BCUT2D eigenvalue weighted by Gasteiger charge is 2.39. The normalized spacial score (nSPS) is 24.3. The maximum absolute atomic E-state index is 5.41.